The van der Waals surface area contributed by atoms with Crippen molar-refractivity contribution in [1.29, 1.82) is 0 Å². The molecule has 1 radical (unpaired) electrons. The highest BCUT2D eigenvalue weighted by atomic mass is 127. The van der Waals surface area contributed by atoms with Gasteiger partial charge in [-0.05, 0) is 57.5 Å². The number of hydrogen-bond donors (Lipinski definition) is 0. The van der Waals surface area contributed by atoms with Crippen LogP contribution in [0.15, 0.2) is 89.8 Å². The Kier molecular flexibility index (Phi) is 10.6. The number of carbonyl (C=O) groups is 1. The van der Waals surface area contributed by atoms with E-state index in [0.29, 0.717) is 12.2 Å². The molecule has 0 heterocycles. The van der Waals surface area contributed by atoms with Crippen LogP contribution >= 0.6 is 0 Å². The van der Waals surface area contributed by atoms with E-state index in [2.05, 4.69) is 6.92 Å². The van der Waals surface area contributed by atoms with Gasteiger partial charge in [-0.15, -0.1) is 0 Å². The van der Waals surface area contributed by atoms with Crippen molar-refractivity contribution in [3.63, 3.8) is 0 Å². The van der Waals surface area contributed by atoms with Crippen molar-refractivity contribution in [3.05, 3.63) is 97.6 Å². The predicted octanol–water partition coefficient (Wildman–Crippen LogP) is 3.19. The third-order valence-electron chi connectivity index (χ3n) is 5.12. The summed E-state index contributed by atoms with van der Waals surface area (Å²) in [5.41, 5.74) is 0.325. The van der Waals surface area contributed by atoms with E-state index in [0.717, 1.165) is 26.4 Å². The Labute approximate surface area is 210 Å². The Morgan fingerprint density at radius 2 is 1.26 bits per heavy atom. The van der Waals surface area contributed by atoms with Gasteiger partial charge < -0.3 is 4.74 Å². The molecule has 7 heteroatoms. The molecule has 0 amide bonds. The topological polar surface area (TPSA) is 69.7 Å². The Hall–Kier alpha value is -2.23. The Morgan fingerprint density at radius 1 is 0.735 bits per heavy atom. The molecule has 0 aliphatic heterocycles. The minimum absolute atomic E-state index is 0.0223. The summed E-state index contributed by atoms with van der Waals surface area (Å²) in [6.07, 6.45) is 6.67. The molecule has 0 aromatic heterocycles. The van der Waals surface area contributed by atoms with Gasteiger partial charge in [0, 0.05) is 0 Å². The summed E-state index contributed by atoms with van der Waals surface area (Å²) >= 11 is -2.71. The average molecular weight is 595 g/mol. The number of unbranched alkanes of at least 4 members (excludes halogenated alkanes) is 5. The van der Waals surface area contributed by atoms with E-state index < -0.39 is 36.3 Å². The first-order valence-electron chi connectivity index (χ1n) is 11.5. The van der Waals surface area contributed by atoms with Gasteiger partial charge in [-0.1, -0.05) is 75.4 Å². The number of carbonyl (C=O) groups excluding carboxylic acids is 1. The fraction of sp³-hybridized carbons (Fsp3) is 0.296. The second-order valence-corrected chi connectivity index (χ2v) is 14.3. The summed E-state index contributed by atoms with van der Waals surface area (Å²) in [4.78, 5) is 12.3. The van der Waals surface area contributed by atoms with E-state index in [1.54, 1.807) is 0 Å². The lowest BCUT2D eigenvalue weighted by Crippen LogP contribution is -3.85. The Bertz CT molecular complexity index is 1080. The fourth-order valence-electron chi connectivity index (χ4n) is 3.26. The SMILES string of the molecule is CCCCCCCCOC(=O)c1ccc(S(=O)(=O)O[I+](c2ccccc2)c2ccccc2)cc1. The number of benzene rings is 3. The molecule has 3 aromatic rings. The number of rotatable bonds is 13. The highest BCUT2D eigenvalue weighted by Crippen LogP contribution is 2.13. The zero-order valence-corrected chi connectivity index (χ0v) is 22.3. The molecule has 3 rings (SSSR count). The minimum Gasteiger partial charge on any atom is -0.462 e. The first kappa shape index (κ1) is 26.4. The van der Waals surface area contributed by atoms with Crippen molar-refractivity contribution in [2.75, 3.05) is 6.61 Å². The van der Waals surface area contributed by atoms with Crippen molar-refractivity contribution in [3.8, 4) is 0 Å². The smallest absolute Gasteiger partial charge is 0.338 e. The van der Waals surface area contributed by atoms with Crippen LogP contribution in [0.25, 0.3) is 0 Å². The van der Waals surface area contributed by atoms with E-state index in [1.807, 2.05) is 60.7 Å². The molecule has 0 atom stereocenters. The van der Waals surface area contributed by atoms with Crippen LogP contribution in [0.3, 0.4) is 0 Å². The van der Waals surface area contributed by atoms with E-state index in [-0.39, 0.29) is 4.90 Å². The van der Waals surface area contributed by atoms with E-state index in [9.17, 15) is 13.2 Å². The first-order chi connectivity index (χ1) is 16.5. The van der Waals surface area contributed by atoms with E-state index >= 15 is 0 Å². The van der Waals surface area contributed by atoms with Gasteiger partial charge in [-0.25, -0.2) is 4.79 Å². The van der Waals surface area contributed by atoms with E-state index in [1.165, 1.54) is 43.5 Å². The molecule has 0 aliphatic rings. The van der Waals surface area contributed by atoms with Crippen molar-refractivity contribution < 1.29 is 40.7 Å². The van der Waals surface area contributed by atoms with Gasteiger partial charge in [0.2, 0.25) is 0 Å². The van der Waals surface area contributed by atoms with Crippen LogP contribution in [-0.4, -0.2) is 21.0 Å². The molecule has 0 unspecified atom stereocenters. The molecule has 0 spiro atoms. The molecule has 34 heavy (non-hydrogen) atoms. The van der Waals surface area contributed by atoms with Gasteiger partial charge >= 0.3 is 36.3 Å². The molecule has 0 saturated heterocycles. The van der Waals surface area contributed by atoms with Crippen LogP contribution in [0.2, 0.25) is 0 Å². The lowest BCUT2D eigenvalue weighted by molar-refractivity contribution is -1.03. The third kappa shape index (κ3) is 7.92. The predicted molar refractivity (Wildman–Crippen MR) is 129 cm³/mol. The zero-order valence-electron chi connectivity index (χ0n) is 19.4. The van der Waals surface area contributed by atoms with Crippen LogP contribution in [0.1, 0.15) is 55.8 Å². The number of halogens is 1. The number of hydrogen-bond acceptors (Lipinski definition) is 5. The van der Waals surface area contributed by atoms with Crippen LogP contribution in [0, 0.1) is 7.14 Å². The zero-order chi connectivity index (χ0) is 24.2. The molecule has 3 aromatic carbocycles. The van der Waals surface area contributed by atoms with Gasteiger partial charge in [-0.3, -0.25) is 0 Å². The highest BCUT2D eigenvalue weighted by molar-refractivity contribution is 7.86. The maximum Gasteiger partial charge on any atom is 0.338 e. The summed E-state index contributed by atoms with van der Waals surface area (Å²) in [5.74, 6) is -0.444. The lowest BCUT2D eigenvalue weighted by Gasteiger charge is -2.07. The molecule has 0 fully saturated rings. The summed E-state index contributed by atoms with van der Waals surface area (Å²) in [5, 5.41) is 0. The fourth-order valence-corrected chi connectivity index (χ4v) is 10.3. The minimum atomic E-state index is -4.01. The second kappa shape index (κ2) is 13.6. The second-order valence-electron chi connectivity index (χ2n) is 7.79. The Balaban J connectivity index is 1.64. The number of esters is 1. The molecule has 0 N–H and O–H groups in total. The molecule has 5 nitrogen and oxygen atoms in total. The number of ether oxygens (including phenoxy) is 1. The largest absolute Gasteiger partial charge is 0.462 e. The van der Waals surface area contributed by atoms with Crippen molar-refractivity contribution >= 4 is 16.1 Å². The van der Waals surface area contributed by atoms with Crippen molar-refractivity contribution in [2.45, 2.75) is 50.3 Å². The first-order valence-corrected chi connectivity index (χ1v) is 16.0. The molecule has 0 bridgehead atoms. The van der Waals surface area contributed by atoms with Gasteiger partial charge in [0.05, 0.1) is 17.1 Å². The Morgan fingerprint density at radius 3 is 1.82 bits per heavy atom. The maximum atomic E-state index is 13.1. The molecule has 181 valence electrons. The van der Waals surface area contributed by atoms with Crippen LogP contribution in [0.5, 0.6) is 0 Å². The highest BCUT2D eigenvalue weighted by Gasteiger charge is 2.37. The molecular weight excluding hydrogens is 563 g/mol. The summed E-state index contributed by atoms with van der Waals surface area (Å²) in [6.45, 7) is 2.55. The van der Waals surface area contributed by atoms with Crippen LogP contribution in [-0.2, 0) is 17.4 Å². The lowest BCUT2D eigenvalue weighted by atomic mass is 10.1. The summed E-state index contributed by atoms with van der Waals surface area (Å²) < 4.78 is 39.1. The summed E-state index contributed by atoms with van der Waals surface area (Å²) in [7, 11) is -4.01. The third-order valence-corrected chi connectivity index (χ3v) is 12.5. The molecular formula is C27H31IO5S+. The van der Waals surface area contributed by atoms with Crippen LogP contribution < -0.4 is 20.2 Å². The monoisotopic (exact) mass is 594 g/mol. The summed E-state index contributed by atoms with van der Waals surface area (Å²) in [6, 6.07) is 24.7. The van der Waals surface area contributed by atoms with Gasteiger partial charge in [0.15, 0.2) is 7.14 Å². The quantitative estimate of drug-likeness (QED) is 0.173. The standard InChI is InChI=1S/C27H31IO5S/c1-2-3-4-5-6-13-22-32-27(29)23-18-20-26(21-19-23)34(30,31)33-28(24-14-9-7-10-15-24)25-16-11-8-12-17-25/h7-12,14-21H,2-6,13,22H2,1H3/q+1. The maximum absolute atomic E-state index is 13.1. The average Bonchev–Trinajstić information content (AvgIpc) is 2.88. The molecule has 0 aliphatic carbocycles. The van der Waals surface area contributed by atoms with Crippen LogP contribution in [0.4, 0.5) is 0 Å². The molecule has 0 saturated carbocycles. The van der Waals surface area contributed by atoms with Crippen molar-refractivity contribution in [1.82, 2.24) is 0 Å². The van der Waals surface area contributed by atoms with Crippen molar-refractivity contribution in [2.24, 2.45) is 0 Å². The van der Waals surface area contributed by atoms with Gasteiger partial charge in [0.25, 0.3) is 0 Å². The normalized spacial score (nSPS) is 11.5. The van der Waals surface area contributed by atoms with E-state index in [4.69, 9.17) is 7.25 Å². The van der Waals surface area contributed by atoms with Gasteiger partial charge in [0.1, 0.15) is 0 Å². The van der Waals surface area contributed by atoms with Gasteiger partial charge in [-0.2, -0.15) is 8.42 Å².